The van der Waals surface area contributed by atoms with Gasteiger partial charge in [-0.15, -0.1) is 0 Å². The fourth-order valence-electron chi connectivity index (χ4n) is 2.51. The van der Waals surface area contributed by atoms with Crippen LogP contribution in [0.1, 0.15) is 12.8 Å². The number of amides is 1. The number of benzene rings is 1. The molecule has 2 aliphatic carbocycles. The van der Waals surface area contributed by atoms with Gasteiger partial charge in [-0.2, -0.15) is 0 Å². The number of hydrogen-bond donors (Lipinski definition) is 1. The summed E-state index contributed by atoms with van der Waals surface area (Å²) in [5, 5.41) is 2.73. The van der Waals surface area contributed by atoms with E-state index in [2.05, 4.69) is 11.4 Å². The Morgan fingerprint density at radius 2 is 2.00 bits per heavy atom. The predicted octanol–water partition coefficient (Wildman–Crippen LogP) is 3.20. The van der Waals surface area contributed by atoms with Crippen molar-refractivity contribution in [2.24, 2.45) is 11.8 Å². The number of allylic oxidation sites excluding steroid dienone is 1. The first-order valence-corrected chi connectivity index (χ1v) is 6.04. The number of anilines is 1. The maximum atomic E-state index is 11.7. The SMILES string of the molecule is O=C(Nc1ccccc1)OC1C=C[C@@H]2CC[C@H]12. The van der Waals surface area contributed by atoms with Crippen LogP contribution in [-0.4, -0.2) is 12.2 Å². The minimum atomic E-state index is -0.363. The summed E-state index contributed by atoms with van der Waals surface area (Å²) in [5.74, 6) is 1.17. The molecule has 3 heteroatoms. The van der Waals surface area contributed by atoms with Crippen molar-refractivity contribution in [1.82, 2.24) is 0 Å². The highest BCUT2D eigenvalue weighted by Gasteiger charge is 2.40. The first-order chi connectivity index (χ1) is 8.33. The molecule has 0 spiro atoms. The number of fused-ring (bicyclic) bond motifs is 1. The monoisotopic (exact) mass is 229 g/mol. The minimum Gasteiger partial charge on any atom is -0.441 e. The molecule has 3 atom stereocenters. The van der Waals surface area contributed by atoms with Crippen LogP contribution in [0, 0.1) is 11.8 Å². The molecule has 2 aliphatic rings. The second-order valence-corrected chi connectivity index (χ2v) is 4.65. The van der Waals surface area contributed by atoms with Gasteiger partial charge in [0, 0.05) is 11.6 Å². The molecule has 0 bridgehead atoms. The lowest BCUT2D eigenvalue weighted by molar-refractivity contribution is 0.0603. The Kier molecular flexibility index (Phi) is 2.59. The van der Waals surface area contributed by atoms with Gasteiger partial charge in [0.1, 0.15) is 6.10 Å². The molecule has 1 aromatic rings. The Balaban J connectivity index is 1.56. The lowest BCUT2D eigenvalue weighted by Gasteiger charge is -2.33. The summed E-state index contributed by atoms with van der Waals surface area (Å²) >= 11 is 0. The standard InChI is InChI=1S/C14H15NO2/c16-14(15-11-4-2-1-3-5-11)17-13-9-7-10-6-8-12(10)13/h1-5,7,9-10,12-13H,6,8H2,(H,15,16)/t10-,12-,13?/m0/s1. The normalized spacial score (nSPS) is 29.3. The number of rotatable bonds is 2. The molecule has 0 aromatic heterocycles. The quantitative estimate of drug-likeness (QED) is 0.791. The molecule has 3 nitrogen and oxygen atoms in total. The number of carbonyl (C=O) groups excluding carboxylic acids is 1. The van der Waals surface area contributed by atoms with E-state index in [0.717, 1.165) is 5.69 Å². The summed E-state index contributed by atoms with van der Waals surface area (Å²) in [4.78, 5) is 11.7. The van der Waals surface area contributed by atoms with Crippen molar-refractivity contribution in [3.8, 4) is 0 Å². The predicted molar refractivity (Wildman–Crippen MR) is 65.7 cm³/mol. The fraction of sp³-hybridized carbons (Fsp3) is 0.357. The molecule has 17 heavy (non-hydrogen) atoms. The average molecular weight is 229 g/mol. The van der Waals surface area contributed by atoms with Crippen LogP contribution in [0.15, 0.2) is 42.5 Å². The largest absolute Gasteiger partial charge is 0.441 e. The van der Waals surface area contributed by atoms with Crippen molar-refractivity contribution in [3.63, 3.8) is 0 Å². The summed E-state index contributed by atoms with van der Waals surface area (Å²) in [5.41, 5.74) is 0.768. The zero-order chi connectivity index (χ0) is 11.7. The lowest BCUT2D eigenvalue weighted by atomic mass is 9.75. The van der Waals surface area contributed by atoms with E-state index in [0.29, 0.717) is 11.8 Å². The molecule has 1 aromatic carbocycles. The second-order valence-electron chi connectivity index (χ2n) is 4.65. The van der Waals surface area contributed by atoms with E-state index in [1.54, 1.807) is 0 Å². The van der Waals surface area contributed by atoms with Crippen molar-refractivity contribution >= 4 is 11.8 Å². The molecule has 0 heterocycles. The molecule has 1 fully saturated rings. The molecule has 0 aliphatic heterocycles. The van der Waals surface area contributed by atoms with Crippen LogP contribution < -0.4 is 5.32 Å². The number of nitrogens with one attached hydrogen (secondary N) is 1. The average Bonchev–Trinajstić information content (AvgIpc) is 2.54. The number of hydrogen-bond acceptors (Lipinski definition) is 2. The van der Waals surface area contributed by atoms with Gasteiger partial charge in [-0.3, -0.25) is 5.32 Å². The van der Waals surface area contributed by atoms with Crippen LogP contribution in [0.5, 0.6) is 0 Å². The molecule has 3 rings (SSSR count). The maximum absolute atomic E-state index is 11.7. The number of para-hydroxylation sites is 1. The van der Waals surface area contributed by atoms with Gasteiger partial charge in [-0.05, 0) is 37.0 Å². The van der Waals surface area contributed by atoms with Gasteiger partial charge in [-0.25, -0.2) is 4.79 Å². The third-order valence-electron chi connectivity index (χ3n) is 3.62. The van der Waals surface area contributed by atoms with E-state index in [-0.39, 0.29) is 12.2 Å². The highest BCUT2D eigenvalue weighted by molar-refractivity contribution is 5.84. The van der Waals surface area contributed by atoms with Crippen molar-refractivity contribution in [1.29, 1.82) is 0 Å². The van der Waals surface area contributed by atoms with Gasteiger partial charge in [-0.1, -0.05) is 24.3 Å². The Bertz CT molecular complexity index is 441. The minimum absolute atomic E-state index is 0.0301. The molecular formula is C14H15NO2. The zero-order valence-electron chi connectivity index (χ0n) is 9.50. The molecule has 88 valence electrons. The van der Waals surface area contributed by atoms with Crippen LogP contribution in [0.4, 0.5) is 10.5 Å². The summed E-state index contributed by atoms with van der Waals surface area (Å²) < 4.78 is 5.41. The highest BCUT2D eigenvalue weighted by atomic mass is 16.6. The van der Waals surface area contributed by atoms with Crippen LogP contribution in [-0.2, 0) is 4.74 Å². The zero-order valence-corrected chi connectivity index (χ0v) is 9.50. The second kappa shape index (κ2) is 4.24. The van der Waals surface area contributed by atoms with Crippen molar-refractivity contribution in [3.05, 3.63) is 42.5 Å². The molecule has 0 saturated heterocycles. The molecule has 1 amide bonds. The van der Waals surface area contributed by atoms with E-state index >= 15 is 0 Å². The van der Waals surface area contributed by atoms with Crippen molar-refractivity contribution in [2.75, 3.05) is 5.32 Å². The lowest BCUT2D eigenvalue weighted by Crippen LogP contribution is -2.33. The van der Waals surface area contributed by atoms with Gasteiger partial charge in [0.25, 0.3) is 0 Å². The van der Waals surface area contributed by atoms with E-state index < -0.39 is 0 Å². The Morgan fingerprint density at radius 3 is 2.65 bits per heavy atom. The first kappa shape index (κ1) is 10.4. The summed E-state index contributed by atoms with van der Waals surface area (Å²) in [6.07, 6.45) is 6.21. The molecular weight excluding hydrogens is 214 g/mol. The van der Waals surface area contributed by atoms with Crippen LogP contribution >= 0.6 is 0 Å². The van der Waals surface area contributed by atoms with E-state index in [1.807, 2.05) is 36.4 Å². The van der Waals surface area contributed by atoms with E-state index in [1.165, 1.54) is 12.8 Å². The summed E-state index contributed by atoms with van der Waals surface area (Å²) in [7, 11) is 0. The third-order valence-corrected chi connectivity index (χ3v) is 3.62. The fourth-order valence-corrected chi connectivity index (χ4v) is 2.51. The Labute approximate surface area is 100 Å². The Morgan fingerprint density at radius 1 is 1.18 bits per heavy atom. The maximum Gasteiger partial charge on any atom is 0.412 e. The molecule has 1 N–H and O–H groups in total. The van der Waals surface area contributed by atoms with Crippen LogP contribution in [0.25, 0.3) is 0 Å². The van der Waals surface area contributed by atoms with Gasteiger partial charge in [0.2, 0.25) is 0 Å². The molecule has 1 saturated carbocycles. The molecule has 1 unspecified atom stereocenters. The number of ether oxygens (including phenoxy) is 1. The van der Waals surface area contributed by atoms with Gasteiger partial charge in [0.15, 0.2) is 0 Å². The van der Waals surface area contributed by atoms with Gasteiger partial charge in [0.05, 0.1) is 0 Å². The van der Waals surface area contributed by atoms with Crippen molar-refractivity contribution < 1.29 is 9.53 Å². The summed E-state index contributed by atoms with van der Waals surface area (Å²) in [6, 6.07) is 9.37. The van der Waals surface area contributed by atoms with E-state index in [9.17, 15) is 4.79 Å². The van der Waals surface area contributed by atoms with Crippen molar-refractivity contribution in [2.45, 2.75) is 18.9 Å². The molecule has 0 radical (unpaired) electrons. The van der Waals surface area contributed by atoms with Crippen LogP contribution in [0.3, 0.4) is 0 Å². The topological polar surface area (TPSA) is 38.3 Å². The number of carbonyl (C=O) groups is 1. The smallest absolute Gasteiger partial charge is 0.412 e. The third kappa shape index (κ3) is 2.05. The van der Waals surface area contributed by atoms with E-state index in [4.69, 9.17) is 4.74 Å². The highest BCUT2D eigenvalue weighted by Crippen LogP contribution is 2.43. The van der Waals surface area contributed by atoms with Crippen LogP contribution in [0.2, 0.25) is 0 Å². The summed E-state index contributed by atoms with van der Waals surface area (Å²) in [6.45, 7) is 0. The Hall–Kier alpha value is -1.77. The van der Waals surface area contributed by atoms with Gasteiger partial charge >= 0.3 is 6.09 Å². The first-order valence-electron chi connectivity index (χ1n) is 6.04. The van der Waals surface area contributed by atoms with Gasteiger partial charge < -0.3 is 4.74 Å².